The molecule has 5 heteroatoms. The van der Waals surface area contributed by atoms with Crippen LogP contribution in [-0.4, -0.2) is 4.57 Å². The van der Waals surface area contributed by atoms with Crippen molar-refractivity contribution in [2.24, 2.45) is 11.1 Å². The first-order chi connectivity index (χ1) is 9.78. The van der Waals surface area contributed by atoms with Crippen LogP contribution < -0.4 is 5.73 Å². The molecule has 1 heterocycles. The third-order valence-electron chi connectivity index (χ3n) is 4.07. The SMILES string of the molecule is CC1(C)Cc2c(ccn2-c2c(Cl)cc(Br)cc2Cl)C(N)C1. The number of hydrogen-bond donors (Lipinski definition) is 1. The number of halogens is 3. The van der Waals surface area contributed by atoms with Crippen molar-refractivity contribution in [1.29, 1.82) is 0 Å². The lowest BCUT2D eigenvalue weighted by Gasteiger charge is -2.34. The van der Waals surface area contributed by atoms with Gasteiger partial charge in [0.15, 0.2) is 0 Å². The summed E-state index contributed by atoms with van der Waals surface area (Å²) in [7, 11) is 0. The van der Waals surface area contributed by atoms with E-state index in [-0.39, 0.29) is 11.5 Å². The smallest absolute Gasteiger partial charge is 0.0828 e. The third-order valence-corrected chi connectivity index (χ3v) is 5.10. The van der Waals surface area contributed by atoms with Crippen LogP contribution in [0, 0.1) is 5.41 Å². The Morgan fingerprint density at radius 3 is 2.52 bits per heavy atom. The molecule has 2 nitrogen and oxygen atoms in total. The van der Waals surface area contributed by atoms with E-state index in [1.165, 1.54) is 11.3 Å². The molecule has 1 aromatic heterocycles. The molecule has 0 bridgehead atoms. The topological polar surface area (TPSA) is 30.9 Å². The molecule has 0 amide bonds. The second-order valence-corrected chi connectivity index (χ2v) is 8.19. The summed E-state index contributed by atoms with van der Waals surface area (Å²) < 4.78 is 2.96. The molecule has 3 rings (SSSR count). The van der Waals surface area contributed by atoms with E-state index in [0.717, 1.165) is 23.0 Å². The highest BCUT2D eigenvalue weighted by molar-refractivity contribution is 9.10. The summed E-state index contributed by atoms with van der Waals surface area (Å²) in [5.74, 6) is 0. The van der Waals surface area contributed by atoms with Gasteiger partial charge in [-0.25, -0.2) is 0 Å². The fourth-order valence-corrected chi connectivity index (χ4v) is 4.60. The van der Waals surface area contributed by atoms with E-state index in [1.54, 1.807) is 0 Å². The highest BCUT2D eigenvalue weighted by Crippen LogP contribution is 2.42. The lowest BCUT2D eigenvalue weighted by atomic mass is 9.74. The Morgan fingerprint density at radius 1 is 1.29 bits per heavy atom. The normalized spacial score (nSPS) is 20.4. The zero-order valence-electron chi connectivity index (χ0n) is 12.0. The molecular weight excluding hydrogens is 371 g/mol. The largest absolute Gasteiger partial charge is 0.324 e. The maximum Gasteiger partial charge on any atom is 0.0828 e. The van der Waals surface area contributed by atoms with Gasteiger partial charge in [-0.05, 0) is 42.0 Å². The molecule has 21 heavy (non-hydrogen) atoms. The van der Waals surface area contributed by atoms with Crippen molar-refractivity contribution in [3.8, 4) is 5.69 Å². The number of nitrogens with zero attached hydrogens (tertiary/aromatic N) is 1. The van der Waals surface area contributed by atoms with Gasteiger partial charge in [-0.3, -0.25) is 0 Å². The second-order valence-electron chi connectivity index (χ2n) is 6.46. The van der Waals surface area contributed by atoms with Crippen molar-refractivity contribution in [2.75, 3.05) is 0 Å². The summed E-state index contributed by atoms with van der Waals surface area (Å²) in [6.07, 6.45) is 3.98. The third kappa shape index (κ3) is 2.77. The molecule has 112 valence electrons. The standard InChI is InChI=1S/C16H17BrCl2N2/c1-16(2)7-13(20)10-3-4-21(14(10)8-16)15-11(18)5-9(17)6-12(15)19/h3-6,13H,7-8,20H2,1-2H3. The predicted molar refractivity (Wildman–Crippen MR) is 92.5 cm³/mol. The van der Waals surface area contributed by atoms with Crippen LogP contribution >= 0.6 is 39.1 Å². The summed E-state index contributed by atoms with van der Waals surface area (Å²) in [6.45, 7) is 4.50. The van der Waals surface area contributed by atoms with Crippen LogP contribution in [0.25, 0.3) is 5.69 Å². The average Bonchev–Trinajstić information content (AvgIpc) is 2.70. The van der Waals surface area contributed by atoms with Gasteiger partial charge in [-0.2, -0.15) is 0 Å². The quantitative estimate of drug-likeness (QED) is 0.686. The Balaban J connectivity index is 2.19. The molecule has 1 aliphatic rings. The molecule has 0 radical (unpaired) electrons. The van der Waals surface area contributed by atoms with Crippen LogP contribution in [-0.2, 0) is 6.42 Å². The van der Waals surface area contributed by atoms with Gasteiger partial charge in [0.05, 0.1) is 15.7 Å². The number of rotatable bonds is 1. The molecule has 1 atom stereocenters. The Bertz CT molecular complexity index is 683. The first-order valence-corrected chi connectivity index (χ1v) is 8.44. The molecule has 1 aromatic carbocycles. The molecule has 0 saturated heterocycles. The van der Waals surface area contributed by atoms with Crippen molar-refractivity contribution in [2.45, 2.75) is 32.7 Å². The molecule has 2 aromatic rings. The number of benzene rings is 1. The van der Waals surface area contributed by atoms with Gasteiger partial charge in [0.25, 0.3) is 0 Å². The summed E-state index contributed by atoms with van der Waals surface area (Å²) in [6, 6.07) is 5.88. The zero-order chi connectivity index (χ0) is 15.4. The summed E-state index contributed by atoms with van der Waals surface area (Å²) in [5.41, 5.74) is 9.74. The van der Waals surface area contributed by atoms with Crippen LogP contribution in [0.1, 0.15) is 37.6 Å². The second kappa shape index (κ2) is 5.31. The Kier molecular flexibility index (Phi) is 3.90. The Labute approximate surface area is 143 Å². The first kappa shape index (κ1) is 15.4. The summed E-state index contributed by atoms with van der Waals surface area (Å²) in [5, 5.41) is 1.26. The van der Waals surface area contributed by atoms with Gasteiger partial charge in [0, 0.05) is 22.4 Å². The minimum Gasteiger partial charge on any atom is -0.324 e. The molecule has 0 aliphatic heterocycles. The van der Waals surface area contributed by atoms with E-state index < -0.39 is 0 Å². The fraction of sp³-hybridized carbons (Fsp3) is 0.375. The van der Waals surface area contributed by atoms with Crippen molar-refractivity contribution in [3.05, 3.63) is 50.2 Å². The first-order valence-electron chi connectivity index (χ1n) is 6.89. The average molecular weight is 388 g/mol. The van der Waals surface area contributed by atoms with Gasteiger partial charge in [-0.15, -0.1) is 0 Å². The van der Waals surface area contributed by atoms with Crippen LogP contribution in [0.15, 0.2) is 28.9 Å². The monoisotopic (exact) mass is 386 g/mol. The molecular formula is C16H17BrCl2N2. The number of hydrogen-bond acceptors (Lipinski definition) is 1. The maximum absolute atomic E-state index is 6.41. The van der Waals surface area contributed by atoms with E-state index in [2.05, 4.69) is 40.4 Å². The molecule has 2 N–H and O–H groups in total. The van der Waals surface area contributed by atoms with Gasteiger partial charge in [0.1, 0.15) is 0 Å². The minimum atomic E-state index is 0.0676. The van der Waals surface area contributed by atoms with E-state index >= 15 is 0 Å². The van der Waals surface area contributed by atoms with E-state index in [1.807, 2.05) is 18.3 Å². The van der Waals surface area contributed by atoms with Gasteiger partial charge in [-0.1, -0.05) is 53.0 Å². The highest BCUT2D eigenvalue weighted by Gasteiger charge is 2.33. The zero-order valence-corrected chi connectivity index (χ0v) is 15.1. The molecule has 0 spiro atoms. The molecule has 1 aliphatic carbocycles. The molecule has 0 fully saturated rings. The van der Waals surface area contributed by atoms with Crippen molar-refractivity contribution < 1.29 is 0 Å². The Hall–Kier alpha value is -0.480. The number of nitrogens with two attached hydrogens (primary N) is 1. The van der Waals surface area contributed by atoms with Gasteiger partial charge >= 0.3 is 0 Å². The lowest BCUT2D eigenvalue weighted by Crippen LogP contribution is -2.30. The minimum absolute atomic E-state index is 0.0676. The fourth-order valence-electron chi connectivity index (χ4n) is 3.21. The summed E-state index contributed by atoms with van der Waals surface area (Å²) in [4.78, 5) is 0. The van der Waals surface area contributed by atoms with Gasteiger partial charge < -0.3 is 10.3 Å². The summed E-state index contributed by atoms with van der Waals surface area (Å²) >= 11 is 16.2. The number of aromatic nitrogens is 1. The van der Waals surface area contributed by atoms with Crippen molar-refractivity contribution in [1.82, 2.24) is 4.57 Å². The van der Waals surface area contributed by atoms with E-state index in [9.17, 15) is 0 Å². The molecule has 0 saturated carbocycles. The van der Waals surface area contributed by atoms with Gasteiger partial charge in [0.2, 0.25) is 0 Å². The predicted octanol–water partition coefficient (Wildman–Crippen LogP) is 5.52. The number of fused-ring (bicyclic) bond motifs is 1. The van der Waals surface area contributed by atoms with Crippen LogP contribution in [0.4, 0.5) is 0 Å². The van der Waals surface area contributed by atoms with E-state index in [4.69, 9.17) is 28.9 Å². The van der Waals surface area contributed by atoms with Crippen molar-refractivity contribution in [3.63, 3.8) is 0 Å². The van der Waals surface area contributed by atoms with E-state index in [0.29, 0.717) is 10.0 Å². The lowest BCUT2D eigenvalue weighted by molar-refractivity contribution is 0.278. The van der Waals surface area contributed by atoms with Crippen molar-refractivity contribution >= 4 is 39.1 Å². The van der Waals surface area contributed by atoms with Crippen LogP contribution in [0.3, 0.4) is 0 Å². The maximum atomic E-state index is 6.41. The highest BCUT2D eigenvalue weighted by atomic mass is 79.9. The van der Waals surface area contributed by atoms with Crippen LogP contribution in [0.5, 0.6) is 0 Å². The van der Waals surface area contributed by atoms with Crippen LogP contribution in [0.2, 0.25) is 10.0 Å². The Morgan fingerprint density at radius 2 is 1.90 bits per heavy atom. The molecule has 1 unspecified atom stereocenters.